The molecule has 2 amide bonds. The number of piperidine rings is 1. The van der Waals surface area contributed by atoms with Crippen LogP contribution < -0.4 is 5.32 Å². The molecule has 182 valence electrons. The lowest BCUT2D eigenvalue weighted by Gasteiger charge is -2.33. The van der Waals surface area contributed by atoms with Crippen LogP contribution in [0.2, 0.25) is 0 Å². The number of nitrogens with zero attached hydrogens (tertiary/aromatic N) is 2. The predicted molar refractivity (Wildman–Crippen MR) is 135 cm³/mol. The zero-order chi connectivity index (χ0) is 24.5. The van der Waals surface area contributed by atoms with Crippen LogP contribution >= 0.6 is 0 Å². The first-order valence-corrected chi connectivity index (χ1v) is 12.6. The molecule has 1 N–H and O–H groups in total. The molecule has 1 aliphatic carbocycles. The second-order valence-electron chi connectivity index (χ2n) is 10.1. The van der Waals surface area contributed by atoms with Crippen molar-refractivity contribution >= 4 is 22.7 Å². The summed E-state index contributed by atoms with van der Waals surface area (Å²) in [6, 6.07) is 13.0. The van der Waals surface area contributed by atoms with Gasteiger partial charge in [0.05, 0.1) is 11.1 Å². The molecule has 0 spiro atoms. The topological polar surface area (TPSA) is 62.3 Å². The first-order valence-electron chi connectivity index (χ1n) is 12.6. The first-order chi connectivity index (χ1) is 16.9. The Morgan fingerprint density at radius 2 is 1.89 bits per heavy atom. The summed E-state index contributed by atoms with van der Waals surface area (Å²) in [7, 11) is 0. The standard InChI is InChI=1S/C29H32FN3O2/c1-18-7-10-26-23(15-18)27(22-5-3-4-6-25(22)32-26)29(35)33-13-11-21(12-14-33)28(34)31-17-20-9-8-19(2)24(30)16-20/h3-6,8-9,16,18,21H,7,10-15,17H2,1-2H3,(H,31,34). The summed E-state index contributed by atoms with van der Waals surface area (Å²) in [6.45, 7) is 5.37. The first kappa shape index (κ1) is 23.5. The van der Waals surface area contributed by atoms with E-state index < -0.39 is 0 Å². The average molecular weight is 474 g/mol. The van der Waals surface area contributed by atoms with Crippen LogP contribution in [-0.2, 0) is 24.2 Å². The Labute approximate surface area is 205 Å². The quantitative estimate of drug-likeness (QED) is 0.582. The third-order valence-corrected chi connectivity index (χ3v) is 7.58. The van der Waals surface area contributed by atoms with Crippen LogP contribution in [0.5, 0.6) is 0 Å². The molecular weight excluding hydrogens is 441 g/mol. The van der Waals surface area contributed by atoms with Gasteiger partial charge >= 0.3 is 0 Å². The number of amides is 2. The van der Waals surface area contributed by atoms with Gasteiger partial charge in [-0.05, 0) is 73.8 Å². The van der Waals surface area contributed by atoms with Gasteiger partial charge in [-0.25, -0.2) is 4.39 Å². The van der Waals surface area contributed by atoms with E-state index in [0.29, 0.717) is 44.0 Å². The van der Waals surface area contributed by atoms with E-state index in [1.54, 1.807) is 13.0 Å². The second-order valence-corrected chi connectivity index (χ2v) is 10.1. The van der Waals surface area contributed by atoms with Crippen molar-refractivity contribution in [2.24, 2.45) is 11.8 Å². The number of likely N-dealkylation sites (tertiary alicyclic amines) is 1. The van der Waals surface area contributed by atoms with Gasteiger partial charge in [-0.1, -0.05) is 37.3 Å². The lowest BCUT2D eigenvalue weighted by molar-refractivity contribution is -0.126. The Hall–Kier alpha value is -3.28. The number of carbonyl (C=O) groups excluding carboxylic acids is 2. The maximum atomic E-state index is 13.8. The van der Waals surface area contributed by atoms with Crippen molar-refractivity contribution in [3.8, 4) is 0 Å². The van der Waals surface area contributed by atoms with Gasteiger partial charge < -0.3 is 10.2 Å². The maximum absolute atomic E-state index is 13.8. The van der Waals surface area contributed by atoms with Crippen LogP contribution in [0.15, 0.2) is 42.5 Å². The van der Waals surface area contributed by atoms with Gasteiger partial charge in [0.15, 0.2) is 0 Å². The number of halogens is 1. The van der Waals surface area contributed by atoms with E-state index >= 15 is 0 Å². The molecule has 2 heterocycles. The minimum atomic E-state index is -0.260. The summed E-state index contributed by atoms with van der Waals surface area (Å²) < 4.78 is 13.8. The van der Waals surface area contributed by atoms with E-state index in [9.17, 15) is 14.0 Å². The number of carbonyl (C=O) groups is 2. The van der Waals surface area contributed by atoms with Crippen molar-refractivity contribution in [1.29, 1.82) is 0 Å². The molecule has 35 heavy (non-hydrogen) atoms. The van der Waals surface area contributed by atoms with Gasteiger partial charge in [-0.3, -0.25) is 14.6 Å². The van der Waals surface area contributed by atoms with Crippen molar-refractivity contribution < 1.29 is 14.0 Å². The Morgan fingerprint density at radius 1 is 1.11 bits per heavy atom. The fourth-order valence-corrected chi connectivity index (χ4v) is 5.39. The largest absolute Gasteiger partial charge is 0.352 e. The number of pyridine rings is 1. The van der Waals surface area contributed by atoms with Crippen LogP contribution in [0.4, 0.5) is 4.39 Å². The van der Waals surface area contributed by atoms with Gasteiger partial charge in [-0.2, -0.15) is 0 Å². The highest BCUT2D eigenvalue weighted by molar-refractivity contribution is 6.07. The van der Waals surface area contributed by atoms with Gasteiger partial charge in [0.2, 0.25) is 5.91 Å². The van der Waals surface area contributed by atoms with Crippen molar-refractivity contribution in [2.75, 3.05) is 13.1 Å². The number of fused-ring (bicyclic) bond motifs is 2. The second kappa shape index (κ2) is 9.76. The van der Waals surface area contributed by atoms with E-state index in [-0.39, 0.29) is 23.5 Å². The minimum absolute atomic E-state index is 0.0290. The molecule has 2 aliphatic rings. The normalized spacial score (nSPS) is 18.4. The molecule has 5 nitrogen and oxygen atoms in total. The van der Waals surface area contributed by atoms with Crippen molar-refractivity contribution in [3.05, 3.63) is 76.2 Å². The summed E-state index contributed by atoms with van der Waals surface area (Å²) in [5.74, 6) is 0.163. The monoisotopic (exact) mass is 473 g/mol. The minimum Gasteiger partial charge on any atom is -0.352 e. The molecular formula is C29H32FN3O2. The summed E-state index contributed by atoms with van der Waals surface area (Å²) in [4.78, 5) is 33.3. The van der Waals surface area contributed by atoms with Crippen molar-refractivity contribution in [2.45, 2.75) is 52.5 Å². The SMILES string of the molecule is Cc1ccc(CNC(=O)C2CCN(C(=O)c3c4c(nc5ccccc35)CCC(C)C4)CC2)cc1F. The number of rotatable bonds is 4. The molecule has 5 rings (SSSR count). The van der Waals surface area contributed by atoms with E-state index in [1.165, 1.54) is 6.07 Å². The molecule has 0 bridgehead atoms. The molecule has 1 aliphatic heterocycles. The number of para-hydroxylation sites is 1. The number of nitrogens with one attached hydrogen (secondary N) is 1. The summed E-state index contributed by atoms with van der Waals surface area (Å²) >= 11 is 0. The maximum Gasteiger partial charge on any atom is 0.254 e. The highest BCUT2D eigenvalue weighted by Crippen LogP contribution is 2.33. The molecule has 0 saturated carbocycles. The fraction of sp³-hybridized carbons (Fsp3) is 0.414. The lowest BCUT2D eigenvalue weighted by atomic mass is 9.83. The van der Waals surface area contributed by atoms with E-state index in [0.717, 1.165) is 52.5 Å². The van der Waals surface area contributed by atoms with Gasteiger partial charge in [0.1, 0.15) is 5.82 Å². The highest BCUT2D eigenvalue weighted by Gasteiger charge is 2.31. The number of hydrogen-bond donors (Lipinski definition) is 1. The molecule has 0 radical (unpaired) electrons. The number of hydrogen-bond acceptors (Lipinski definition) is 3. The number of benzene rings is 2. The smallest absolute Gasteiger partial charge is 0.254 e. The highest BCUT2D eigenvalue weighted by atomic mass is 19.1. The zero-order valence-electron chi connectivity index (χ0n) is 20.4. The molecule has 1 fully saturated rings. The predicted octanol–water partition coefficient (Wildman–Crippen LogP) is 4.98. The van der Waals surface area contributed by atoms with Crippen molar-refractivity contribution in [1.82, 2.24) is 15.2 Å². The van der Waals surface area contributed by atoms with Gasteiger partial charge in [0, 0.05) is 36.6 Å². The van der Waals surface area contributed by atoms with Gasteiger partial charge in [0.25, 0.3) is 5.91 Å². The van der Waals surface area contributed by atoms with Crippen LogP contribution in [-0.4, -0.2) is 34.8 Å². The molecule has 3 aromatic rings. The summed E-state index contributed by atoms with van der Waals surface area (Å²) in [5, 5.41) is 3.87. The molecule has 1 atom stereocenters. The van der Waals surface area contributed by atoms with Crippen molar-refractivity contribution in [3.63, 3.8) is 0 Å². The Kier molecular flexibility index (Phi) is 6.54. The number of aryl methyl sites for hydroxylation is 2. The fourth-order valence-electron chi connectivity index (χ4n) is 5.39. The van der Waals surface area contributed by atoms with Crippen LogP contribution in [0.3, 0.4) is 0 Å². The third kappa shape index (κ3) is 4.79. The summed E-state index contributed by atoms with van der Waals surface area (Å²) in [6.07, 6.45) is 4.14. The molecule has 1 aromatic heterocycles. The molecule has 1 saturated heterocycles. The van der Waals surface area contributed by atoms with E-state index in [2.05, 4.69) is 12.2 Å². The summed E-state index contributed by atoms with van der Waals surface area (Å²) in [5.41, 5.74) is 5.20. The van der Waals surface area contributed by atoms with E-state index in [4.69, 9.17) is 4.98 Å². The Bertz CT molecular complexity index is 1280. The average Bonchev–Trinajstić information content (AvgIpc) is 2.87. The Morgan fingerprint density at radius 3 is 2.66 bits per heavy atom. The molecule has 1 unspecified atom stereocenters. The lowest BCUT2D eigenvalue weighted by Crippen LogP contribution is -2.43. The van der Waals surface area contributed by atoms with Crippen LogP contribution in [0.25, 0.3) is 10.9 Å². The van der Waals surface area contributed by atoms with Gasteiger partial charge in [-0.15, -0.1) is 0 Å². The number of aromatic nitrogens is 1. The third-order valence-electron chi connectivity index (χ3n) is 7.58. The van der Waals surface area contributed by atoms with Crippen LogP contribution in [0, 0.1) is 24.6 Å². The zero-order valence-corrected chi connectivity index (χ0v) is 20.4. The van der Waals surface area contributed by atoms with E-state index in [1.807, 2.05) is 35.2 Å². The molecule has 6 heteroatoms. The Balaban J connectivity index is 1.28. The molecule has 2 aromatic carbocycles. The van der Waals surface area contributed by atoms with Crippen LogP contribution in [0.1, 0.15) is 58.9 Å².